The maximum atomic E-state index is 12.9. The molecule has 3 nitrogen and oxygen atoms in total. The summed E-state index contributed by atoms with van der Waals surface area (Å²) in [5.74, 6) is 0.769. The van der Waals surface area contributed by atoms with E-state index in [2.05, 4.69) is 20.9 Å². The van der Waals surface area contributed by atoms with Crippen LogP contribution in [0.4, 0.5) is 4.39 Å². The lowest BCUT2D eigenvalue weighted by Crippen LogP contribution is -2.00. The second kappa shape index (κ2) is 5.25. The summed E-state index contributed by atoms with van der Waals surface area (Å²) in [6, 6.07) is 6.01. The highest BCUT2D eigenvalue weighted by atomic mass is 79.9. The molecule has 0 bridgehead atoms. The Hall–Kier alpha value is -1.46. The van der Waals surface area contributed by atoms with Crippen molar-refractivity contribution in [3.63, 3.8) is 0 Å². The molecule has 0 amide bonds. The van der Waals surface area contributed by atoms with Crippen LogP contribution in [0.15, 0.2) is 41.1 Å². The molecule has 88 valence electrons. The predicted molar refractivity (Wildman–Crippen MR) is 66.3 cm³/mol. The summed E-state index contributed by atoms with van der Waals surface area (Å²) >= 11 is 3.23. The van der Waals surface area contributed by atoms with Crippen molar-refractivity contribution in [2.24, 2.45) is 5.73 Å². The topological polar surface area (TPSA) is 48.1 Å². The molecule has 0 radical (unpaired) electrons. The minimum absolute atomic E-state index is 0.325. The molecule has 1 heterocycles. The maximum absolute atomic E-state index is 12.9. The number of benzene rings is 1. The fourth-order valence-corrected chi connectivity index (χ4v) is 1.78. The van der Waals surface area contributed by atoms with Gasteiger partial charge in [0.25, 0.3) is 0 Å². The van der Waals surface area contributed by atoms with Crippen molar-refractivity contribution in [3.8, 4) is 11.5 Å². The van der Waals surface area contributed by atoms with E-state index < -0.39 is 0 Å². The first kappa shape index (κ1) is 12.0. The summed E-state index contributed by atoms with van der Waals surface area (Å²) in [4.78, 5) is 3.97. The number of nitrogens with two attached hydrogens (primary N) is 1. The fourth-order valence-electron chi connectivity index (χ4n) is 1.35. The smallest absolute Gasteiger partial charge is 0.150 e. The van der Waals surface area contributed by atoms with Crippen LogP contribution < -0.4 is 10.5 Å². The largest absolute Gasteiger partial charge is 0.454 e. The molecule has 2 aromatic rings. The van der Waals surface area contributed by atoms with Crippen molar-refractivity contribution >= 4 is 15.9 Å². The Labute approximate surface area is 107 Å². The summed E-state index contributed by atoms with van der Waals surface area (Å²) in [7, 11) is 0. The normalized spacial score (nSPS) is 10.3. The van der Waals surface area contributed by atoms with Crippen LogP contribution >= 0.6 is 15.9 Å². The van der Waals surface area contributed by atoms with Crippen LogP contribution in [-0.2, 0) is 6.54 Å². The molecular weight excluding hydrogens is 287 g/mol. The third-order valence-electron chi connectivity index (χ3n) is 2.20. The lowest BCUT2D eigenvalue weighted by atomic mass is 10.2. The van der Waals surface area contributed by atoms with E-state index in [4.69, 9.17) is 10.5 Å². The van der Waals surface area contributed by atoms with Gasteiger partial charge in [-0.3, -0.25) is 4.98 Å². The van der Waals surface area contributed by atoms with Gasteiger partial charge in [-0.1, -0.05) is 0 Å². The first-order valence-corrected chi connectivity index (χ1v) is 5.76. The SMILES string of the molecule is NCc1ccncc1Oc1ccc(F)cc1Br. The Bertz CT molecular complexity index is 534. The highest BCUT2D eigenvalue weighted by molar-refractivity contribution is 9.10. The molecule has 17 heavy (non-hydrogen) atoms. The molecule has 0 aliphatic carbocycles. The van der Waals surface area contributed by atoms with Gasteiger partial charge in [-0.25, -0.2) is 4.39 Å². The third kappa shape index (κ3) is 2.81. The zero-order valence-electron chi connectivity index (χ0n) is 8.86. The quantitative estimate of drug-likeness (QED) is 0.946. The first-order valence-electron chi connectivity index (χ1n) is 4.96. The fraction of sp³-hybridized carbons (Fsp3) is 0.0833. The number of rotatable bonds is 3. The zero-order valence-corrected chi connectivity index (χ0v) is 10.4. The summed E-state index contributed by atoms with van der Waals surface area (Å²) in [5.41, 5.74) is 6.43. The van der Waals surface area contributed by atoms with E-state index in [0.29, 0.717) is 22.5 Å². The molecule has 2 N–H and O–H groups in total. The van der Waals surface area contributed by atoms with Crippen LogP contribution in [0.3, 0.4) is 0 Å². The van der Waals surface area contributed by atoms with Gasteiger partial charge >= 0.3 is 0 Å². The molecule has 0 unspecified atom stereocenters. The Kier molecular flexibility index (Phi) is 3.71. The van der Waals surface area contributed by atoms with Crippen molar-refractivity contribution in [2.45, 2.75) is 6.54 Å². The van der Waals surface area contributed by atoms with E-state index in [1.54, 1.807) is 24.5 Å². The molecule has 1 aromatic carbocycles. The van der Waals surface area contributed by atoms with Crippen LogP contribution in [0.2, 0.25) is 0 Å². The summed E-state index contributed by atoms with van der Waals surface area (Å²) in [6.45, 7) is 0.358. The number of pyridine rings is 1. The third-order valence-corrected chi connectivity index (χ3v) is 2.82. The number of ether oxygens (including phenoxy) is 1. The second-order valence-electron chi connectivity index (χ2n) is 3.36. The van der Waals surface area contributed by atoms with Gasteiger partial charge in [0.15, 0.2) is 0 Å². The average molecular weight is 297 g/mol. The molecule has 1 aromatic heterocycles. The van der Waals surface area contributed by atoms with E-state index in [-0.39, 0.29) is 5.82 Å². The minimum atomic E-state index is -0.325. The maximum Gasteiger partial charge on any atom is 0.150 e. The first-order chi connectivity index (χ1) is 8.20. The molecule has 0 spiro atoms. The van der Waals surface area contributed by atoms with Crippen molar-refractivity contribution in [3.05, 3.63) is 52.5 Å². The molecule has 5 heteroatoms. The molecule has 0 saturated carbocycles. The van der Waals surface area contributed by atoms with E-state index in [9.17, 15) is 4.39 Å². The van der Waals surface area contributed by atoms with Crippen molar-refractivity contribution in [1.82, 2.24) is 4.98 Å². The Balaban J connectivity index is 2.31. The van der Waals surface area contributed by atoms with Gasteiger partial charge in [0.1, 0.15) is 17.3 Å². The predicted octanol–water partition coefficient (Wildman–Crippen LogP) is 3.23. The highest BCUT2D eigenvalue weighted by Crippen LogP contribution is 2.31. The summed E-state index contributed by atoms with van der Waals surface area (Å²) in [6.07, 6.45) is 3.23. The van der Waals surface area contributed by atoms with Crippen molar-refractivity contribution in [2.75, 3.05) is 0 Å². The molecule has 2 rings (SSSR count). The number of hydrogen-bond acceptors (Lipinski definition) is 3. The van der Waals surface area contributed by atoms with Crippen LogP contribution in [0.25, 0.3) is 0 Å². The van der Waals surface area contributed by atoms with Crippen LogP contribution in [0.1, 0.15) is 5.56 Å². The Morgan fingerprint density at radius 3 is 2.82 bits per heavy atom. The van der Waals surface area contributed by atoms with Gasteiger partial charge in [0, 0.05) is 18.3 Å². The van der Waals surface area contributed by atoms with Gasteiger partial charge < -0.3 is 10.5 Å². The van der Waals surface area contributed by atoms with E-state index in [1.807, 2.05) is 0 Å². The number of halogens is 2. The monoisotopic (exact) mass is 296 g/mol. The average Bonchev–Trinajstić information content (AvgIpc) is 2.33. The summed E-state index contributed by atoms with van der Waals surface area (Å²) in [5, 5.41) is 0. The van der Waals surface area contributed by atoms with E-state index in [0.717, 1.165) is 5.56 Å². The van der Waals surface area contributed by atoms with E-state index >= 15 is 0 Å². The van der Waals surface area contributed by atoms with Crippen LogP contribution in [0.5, 0.6) is 11.5 Å². The minimum Gasteiger partial charge on any atom is -0.454 e. The molecule has 0 saturated heterocycles. The Morgan fingerprint density at radius 2 is 2.12 bits per heavy atom. The van der Waals surface area contributed by atoms with Gasteiger partial charge in [-0.2, -0.15) is 0 Å². The lowest BCUT2D eigenvalue weighted by molar-refractivity contribution is 0.469. The number of hydrogen-bond donors (Lipinski definition) is 1. The molecule has 0 aliphatic rings. The number of nitrogens with zero attached hydrogens (tertiary/aromatic N) is 1. The standard InChI is InChI=1S/C12H10BrFN2O/c13-10-5-9(14)1-2-11(10)17-12-7-16-4-3-8(12)6-15/h1-5,7H,6,15H2. The van der Waals surface area contributed by atoms with Crippen LogP contribution in [0, 0.1) is 5.82 Å². The lowest BCUT2D eigenvalue weighted by Gasteiger charge is -2.10. The molecule has 0 aliphatic heterocycles. The van der Waals surface area contributed by atoms with Gasteiger partial charge in [0.2, 0.25) is 0 Å². The zero-order chi connectivity index (χ0) is 12.3. The number of aromatic nitrogens is 1. The van der Waals surface area contributed by atoms with Gasteiger partial charge in [-0.15, -0.1) is 0 Å². The van der Waals surface area contributed by atoms with E-state index in [1.165, 1.54) is 12.1 Å². The second-order valence-corrected chi connectivity index (χ2v) is 4.22. The molecular formula is C12H10BrFN2O. The van der Waals surface area contributed by atoms with Gasteiger partial charge in [0.05, 0.1) is 10.7 Å². The van der Waals surface area contributed by atoms with Gasteiger partial charge in [-0.05, 0) is 40.2 Å². The summed E-state index contributed by atoms with van der Waals surface area (Å²) < 4.78 is 19.1. The van der Waals surface area contributed by atoms with Crippen molar-refractivity contribution < 1.29 is 9.13 Å². The Morgan fingerprint density at radius 1 is 1.29 bits per heavy atom. The molecule has 0 fully saturated rings. The highest BCUT2D eigenvalue weighted by Gasteiger charge is 2.07. The van der Waals surface area contributed by atoms with Crippen LogP contribution in [-0.4, -0.2) is 4.98 Å². The molecule has 0 atom stereocenters. The van der Waals surface area contributed by atoms with Crippen molar-refractivity contribution in [1.29, 1.82) is 0 Å².